The van der Waals surface area contributed by atoms with Crippen LogP contribution in [-0.4, -0.2) is 40.6 Å². The molecule has 7 nitrogen and oxygen atoms in total. The summed E-state index contributed by atoms with van der Waals surface area (Å²) in [4.78, 5) is 25.5. The molecule has 7 heteroatoms. The number of esters is 1. The SMILES string of the molecule is CCOC(=O)[C@H]1CC[C@]2(CC1)CN(c1ccn(C)n1)C(=O)O2. The summed E-state index contributed by atoms with van der Waals surface area (Å²) >= 11 is 0. The molecule has 2 aliphatic rings. The summed E-state index contributed by atoms with van der Waals surface area (Å²) < 4.78 is 12.4. The van der Waals surface area contributed by atoms with E-state index >= 15 is 0 Å². The molecule has 1 saturated carbocycles. The number of carbonyl (C=O) groups is 2. The van der Waals surface area contributed by atoms with E-state index < -0.39 is 5.60 Å². The van der Waals surface area contributed by atoms with E-state index in [4.69, 9.17) is 9.47 Å². The van der Waals surface area contributed by atoms with Crippen molar-refractivity contribution in [2.24, 2.45) is 13.0 Å². The number of anilines is 1. The van der Waals surface area contributed by atoms with Crippen molar-refractivity contribution in [1.82, 2.24) is 9.78 Å². The summed E-state index contributed by atoms with van der Waals surface area (Å²) in [5.74, 6) is 0.397. The fourth-order valence-electron chi connectivity index (χ4n) is 3.25. The predicted octanol–water partition coefficient (Wildman–Crippen LogP) is 1.87. The van der Waals surface area contributed by atoms with Gasteiger partial charge in [-0.1, -0.05) is 0 Å². The van der Waals surface area contributed by atoms with Crippen LogP contribution in [0.15, 0.2) is 12.3 Å². The van der Waals surface area contributed by atoms with Gasteiger partial charge >= 0.3 is 12.1 Å². The zero-order valence-electron chi connectivity index (χ0n) is 12.9. The molecule has 3 rings (SSSR count). The van der Waals surface area contributed by atoms with Crippen LogP contribution >= 0.6 is 0 Å². The third-order valence-electron chi connectivity index (χ3n) is 4.46. The minimum Gasteiger partial charge on any atom is -0.466 e. The number of nitrogens with zero attached hydrogens (tertiary/aromatic N) is 3. The lowest BCUT2D eigenvalue weighted by molar-refractivity contribution is -0.150. The molecule has 0 atom stereocenters. The summed E-state index contributed by atoms with van der Waals surface area (Å²) in [6.45, 7) is 2.72. The summed E-state index contributed by atoms with van der Waals surface area (Å²) in [5.41, 5.74) is -0.488. The number of hydrogen-bond acceptors (Lipinski definition) is 5. The number of amides is 1. The Bertz CT molecular complexity index is 575. The molecule has 1 aliphatic heterocycles. The van der Waals surface area contributed by atoms with Crippen molar-refractivity contribution in [2.45, 2.75) is 38.2 Å². The van der Waals surface area contributed by atoms with Crippen LogP contribution in [0.4, 0.5) is 10.6 Å². The number of ether oxygens (including phenoxy) is 2. The Kier molecular flexibility index (Phi) is 3.80. The number of aryl methyl sites for hydroxylation is 1. The van der Waals surface area contributed by atoms with Crippen molar-refractivity contribution in [3.8, 4) is 0 Å². The lowest BCUT2D eigenvalue weighted by atomic mass is 9.79. The van der Waals surface area contributed by atoms with Gasteiger partial charge in [0.15, 0.2) is 5.82 Å². The van der Waals surface area contributed by atoms with Gasteiger partial charge < -0.3 is 9.47 Å². The first-order valence-electron chi connectivity index (χ1n) is 7.70. The highest BCUT2D eigenvalue weighted by atomic mass is 16.6. The Balaban J connectivity index is 1.65. The Morgan fingerprint density at radius 1 is 1.50 bits per heavy atom. The molecule has 0 unspecified atom stereocenters. The normalized spacial score (nSPS) is 28.0. The van der Waals surface area contributed by atoms with Crippen LogP contribution in [0.3, 0.4) is 0 Å². The van der Waals surface area contributed by atoms with Crippen LogP contribution in [0, 0.1) is 5.92 Å². The van der Waals surface area contributed by atoms with Crippen LogP contribution in [0.5, 0.6) is 0 Å². The minimum atomic E-state index is -0.488. The Morgan fingerprint density at radius 2 is 2.23 bits per heavy atom. The molecule has 120 valence electrons. The molecule has 0 aromatic carbocycles. The smallest absolute Gasteiger partial charge is 0.416 e. The second-order valence-electron chi connectivity index (χ2n) is 6.01. The van der Waals surface area contributed by atoms with Gasteiger partial charge in [-0.15, -0.1) is 0 Å². The molecule has 1 aromatic rings. The number of rotatable bonds is 3. The van der Waals surface area contributed by atoms with Gasteiger partial charge in [0.25, 0.3) is 0 Å². The van der Waals surface area contributed by atoms with Gasteiger partial charge in [-0.25, -0.2) is 4.79 Å². The quantitative estimate of drug-likeness (QED) is 0.797. The lowest BCUT2D eigenvalue weighted by Gasteiger charge is -2.33. The molecule has 2 fully saturated rings. The average Bonchev–Trinajstić information content (AvgIpc) is 3.04. The van der Waals surface area contributed by atoms with Gasteiger partial charge in [-0.3, -0.25) is 14.4 Å². The Hall–Kier alpha value is -2.05. The van der Waals surface area contributed by atoms with Gasteiger partial charge in [0.05, 0.1) is 19.1 Å². The highest BCUT2D eigenvalue weighted by Gasteiger charge is 2.49. The van der Waals surface area contributed by atoms with Gasteiger partial charge in [-0.05, 0) is 32.6 Å². The van der Waals surface area contributed by atoms with Crippen molar-refractivity contribution in [3.05, 3.63) is 12.3 Å². The molecule has 1 aromatic heterocycles. The Morgan fingerprint density at radius 3 is 2.82 bits per heavy atom. The number of aromatic nitrogens is 2. The molecule has 22 heavy (non-hydrogen) atoms. The van der Waals surface area contributed by atoms with Crippen molar-refractivity contribution in [3.63, 3.8) is 0 Å². The standard InChI is InChI=1S/C15H21N3O4/c1-3-21-13(19)11-4-7-15(8-5-11)10-18(14(20)22-15)12-6-9-17(2)16-12/h6,9,11H,3-5,7-8,10H2,1-2H3/t11-,15-. The van der Waals surface area contributed by atoms with E-state index in [1.807, 2.05) is 14.0 Å². The summed E-state index contributed by atoms with van der Waals surface area (Å²) in [6, 6.07) is 1.80. The van der Waals surface area contributed by atoms with E-state index in [9.17, 15) is 9.59 Å². The van der Waals surface area contributed by atoms with Crippen LogP contribution in [0.1, 0.15) is 32.6 Å². The zero-order chi connectivity index (χ0) is 15.7. The molecule has 2 heterocycles. The van der Waals surface area contributed by atoms with E-state index in [-0.39, 0.29) is 18.0 Å². The van der Waals surface area contributed by atoms with Crippen molar-refractivity contribution in [2.75, 3.05) is 18.1 Å². The highest BCUT2D eigenvalue weighted by Crippen LogP contribution is 2.40. The fraction of sp³-hybridized carbons (Fsp3) is 0.667. The monoisotopic (exact) mass is 307 g/mol. The first-order valence-corrected chi connectivity index (χ1v) is 7.70. The molecule has 1 aliphatic carbocycles. The van der Waals surface area contributed by atoms with Crippen LogP contribution in [-0.2, 0) is 21.3 Å². The largest absolute Gasteiger partial charge is 0.466 e. The first kappa shape index (κ1) is 14.9. The number of carbonyl (C=O) groups excluding carboxylic acids is 2. The summed E-state index contributed by atoms with van der Waals surface area (Å²) in [6.07, 6.45) is 4.21. The average molecular weight is 307 g/mol. The molecule has 1 amide bonds. The first-order chi connectivity index (χ1) is 10.5. The van der Waals surface area contributed by atoms with Gasteiger partial charge in [0, 0.05) is 19.3 Å². The predicted molar refractivity (Wildman–Crippen MR) is 78.4 cm³/mol. The van der Waals surface area contributed by atoms with E-state index in [0.717, 1.165) is 0 Å². The van der Waals surface area contributed by atoms with Gasteiger partial charge in [0.1, 0.15) is 5.60 Å². The van der Waals surface area contributed by atoms with Crippen LogP contribution in [0.25, 0.3) is 0 Å². The molecule has 0 bridgehead atoms. The van der Waals surface area contributed by atoms with Crippen molar-refractivity contribution >= 4 is 17.9 Å². The maximum atomic E-state index is 12.1. The highest BCUT2D eigenvalue weighted by molar-refractivity contribution is 5.89. The third-order valence-corrected chi connectivity index (χ3v) is 4.46. The zero-order valence-corrected chi connectivity index (χ0v) is 12.9. The summed E-state index contributed by atoms with van der Waals surface area (Å²) in [5, 5.41) is 4.26. The molecule has 1 saturated heterocycles. The molecular weight excluding hydrogens is 286 g/mol. The van der Waals surface area contributed by atoms with Gasteiger partial charge in [0.2, 0.25) is 0 Å². The molecule has 1 spiro atoms. The minimum absolute atomic E-state index is 0.0758. The summed E-state index contributed by atoms with van der Waals surface area (Å²) in [7, 11) is 1.81. The topological polar surface area (TPSA) is 73.7 Å². The molecule has 0 radical (unpaired) electrons. The maximum absolute atomic E-state index is 12.1. The molecular formula is C15H21N3O4. The maximum Gasteiger partial charge on any atom is 0.416 e. The third kappa shape index (κ3) is 2.67. The van der Waals surface area contributed by atoms with E-state index in [0.29, 0.717) is 44.7 Å². The second kappa shape index (κ2) is 5.62. The Labute approximate surface area is 129 Å². The fourth-order valence-corrected chi connectivity index (χ4v) is 3.25. The van der Waals surface area contributed by atoms with E-state index in [1.165, 1.54) is 0 Å². The van der Waals surface area contributed by atoms with Crippen molar-refractivity contribution < 1.29 is 19.1 Å². The van der Waals surface area contributed by atoms with Gasteiger partial charge in [-0.2, -0.15) is 5.10 Å². The number of hydrogen-bond donors (Lipinski definition) is 0. The van der Waals surface area contributed by atoms with Crippen LogP contribution < -0.4 is 4.90 Å². The van der Waals surface area contributed by atoms with Crippen LogP contribution in [0.2, 0.25) is 0 Å². The molecule has 0 N–H and O–H groups in total. The van der Waals surface area contributed by atoms with E-state index in [2.05, 4.69) is 5.10 Å². The second-order valence-corrected chi connectivity index (χ2v) is 6.01. The van der Waals surface area contributed by atoms with Crippen molar-refractivity contribution in [1.29, 1.82) is 0 Å². The lowest BCUT2D eigenvalue weighted by Crippen LogP contribution is -2.40. The van der Waals surface area contributed by atoms with E-state index in [1.54, 1.807) is 21.8 Å².